The van der Waals surface area contributed by atoms with Gasteiger partial charge in [-0.05, 0) is 73.6 Å². The molecule has 1 aliphatic carbocycles. The Balaban J connectivity index is 1.73. The fourth-order valence-corrected chi connectivity index (χ4v) is 5.29. The zero-order valence-electron chi connectivity index (χ0n) is 20.6. The maximum absolute atomic E-state index is 15.6. The fraction of sp³-hybridized carbons (Fsp3) is 0.214. The lowest BCUT2D eigenvalue weighted by Gasteiger charge is -2.12. The predicted molar refractivity (Wildman–Crippen MR) is 142 cm³/mol. The molecule has 3 atom stereocenters. The summed E-state index contributed by atoms with van der Waals surface area (Å²) in [5.41, 5.74) is -0.00716. The van der Waals surface area contributed by atoms with Gasteiger partial charge in [0, 0.05) is 29.8 Å². The molecule has 0 aliphatic heterocycles. The third-order valence-corrected chi connectivity index (χ3v) is 7.57. The zero-order valence-corrected chi connectivity index (χ0v) is 22.2. The molecule has 3 aromatic rings. The summed E-state index contributed by atoms with van der Waals surface area (Å²) in [5.74, 6) is -3.71. The molecule has 198 valence electrons. The van der Waals surface area contributed by atoms with Gasteiger partial charge in [-0.25, -0.2) is 17.6 Å². The van der Waals surface area contributed by atoms with E-state index in [4.69, 9.17) is 11.6 Å². The highest BCUT2D eigenvalue weighted by molar-refractivity contribution is 7.84. The Bertz CT molecular complexity index is 1580. The third-order valence-electron chi connectivity index (χ3n) is 6.26. The van der Waals surface area contributed by atoms with Gasteiger partial charge >= 0.3 is 0 Å². The Morgan fingerprint density at radius 1 is 1.13 bits per heavy atom. The van der Waals surface area contributed by atoms with E-state index in [-0.39, 0.29) is 27.3 Å². The van der Waals surface area contributed by atoms with Gasteiger partial charge in [0.15, 0.2) is 5.83 Å². The van der Waals surface area contributed by atoms with Crippen molar-refractivity contribution in [2.45, 2.75) is 37.0 Å². The second-order valence-corrected chi connectivity index (χ2v) is 10.6. The quantitative estimate of drug-likeness (QED) is 0.229. The summed E-state index contributed by atoms with van der Waals surface area (Å²) in [5, 5.41) is -0.148. The smallest absolute Gasteiger partial charge is 0.273 e. The first-order valence-corrected chi connectivity index (χ1v) is 13.5. The van der Waals surface area contributed by atoms with E-state index in [9.17, 15) is 17.8 Å². The Hall–Kier alpha value is -3.30. The minimum Gasteiger partial charge on any atom is -0.284 e. The van der Waals surface area contributed by atoms with Crippen LogP contribution in [0.1, 0.15) is 47.6 Å². The number of aryl methyl sites for hydroxylation is 1. The van der Waals surface area contributed by atoms with Crippen LogP contribution in [0.15, 0.2) is 75.2 Å². The van der Waals surface area contributed by atoms with Crippen LogP contribution < -0.4 is 5.56 Å². The van der Waals surface area contributed by atoms with Crippen molar-refractivity contribution in [3.63, 3.8) is 0 Å². The van der Waals surface area contributed by atoms with Crippen LogP contribution in [0, 0.1) is 24.4 Å². The minimum absolute atomic E-state index is 0.110. The molecular weight excluding hydrogens is 540 g/mol. The van der Waals surface area contributed by atoms with Crippen molar-refractivity contribution in [2.24, 2.45) is 4.99 Å². The van der Waals surface area contributed by atoms with Crippen molar-refractivity contribution in [3.05, 3.63) is 116 Å². The number of benzene rings is 2. The maximum Gasteiger partial charge on any atom is 0.273 e. The van der Waals surface area contributed by atoms with Gasteiger partial charge in [0.05, 0.1) is 21.9 Å². The van der Waals surface area contributed by atoms with E-state index in [1.54, 1.807) is 19.9 Å². The number of halogens is 5. The second-order valence-electron chi connectivity index (χ2n) is 8.89. The van der Waals surface area contributed by atoms with Crippen molar-refractivity contribution >= 4 is 34.3 Å². The van der Waals surface area contributed by atoms with Crippen LogP contribution in [0.25, 0.3) is 6.20 Å². The highest BCUT2D eigenvalue weighted by atomic mass is 35.5. The van der Waals surface area contributed by atoms with Gasteiger partial charge in [0.1, 0.15) is 28.2 Å². The van der Waals surface area contributed by atoms with Crippen molar-refractivity contribution in [3.8, 4) is 0 Å². The lowest BCUT2D eigenvalue weighted by molar-refractivity contribution is 0.579. The summed E-state index contributed by atoms with van der Waals surface area (Å²) in [4.78, 5) is 17.0. The molecule has 0 spiro atoms. The molecule has 0 bridgehead atoms. The van der Waals surface area contributed by atoms with Crippen molar-refractivity contribution in [2.75, 3.05) is 6.26 Å². The number of hydrogen-bond donors (Lipinski definition) is 0. The van der Waals surface area contributed by atoms with Crippen molar-refractivity contribution in [1.29, 1.82) is 0 Å². The summed E-state index contributed by atoms with van der Waals surface area (Å²) >= 11 is 6.40. The lowest BCUT2D eigenvalue weighted by Crippen LogP contribution is -2.21. The Morgan fingerprint density at radius 3 is 2.45 bits per heavy atom. The predicted octanol–water partition coefficient (Wildman–Crippen LogP) is 7.03. The molecule has 38 heavy (non-hydrogen) atoms. The van der Waals surface area contributed by atoms with Crippen LogP contribution >= 0.6 is 11.6 Å². The van der Waals surface area contributed by atoms with E-state index < -0.39 is 45.3 Å². The van der Waals surface area contributed by atoms with Gasteiger partial charge in [-0.15, -0.1) is 0 Å². The summed E-state index contributed by atoms with van der Waals surface area (Å²) in [7, 11) is -1.66. The fourth-order valence-electron chi connectivity index (χ4n) is 4.37. The van der Waals surface area contributed by atoms with Crippen LogP contribution in [0.3, 0.4) is 0 Å². The highest BCUT2D eigenvalue weighted by Crippen LogP contribution is 2.56. The first-order valence-electron chi connectivity index (χ1n) is 11.6. The van der Waals surface area contributed by atoms with Crippen LogP contribution in [0.5, 0.6) is 0 Å². The minimum atomic E-state index is -1.66. The van der Waals surface area contributed by atoms with E-state index in [1.807, 2.05) is 0 Å². The van der Waals surface area contributed by atoms with E-state index in [0.717, 1.165) is 16.8 Å². The number of pyridine rings is 1. The van der Waals surface area contributed by atoms with Crippen LogP contribution in [-0.2, 0) is 10.8 Å². The first kappa shape index (κ1) is 27.7. The van der Waals surface area contributed by atoms with Gasteiger partial charge in [0.2, 0.25) is 0 Å². The Morgan fingerprint density at radius 2 is 1.82 bits per heavy atom. The molecule has 0 amide bonds. The van der Waals surface area contributed by atoms with Gasteiger partial charge in [-0.2, -0.15) is 0 Å². The number of allylic oxidation sites excluding steroid dienone is 2. The SMILES string of the molecule is C/C=C/N=C(/C(F)=C/n1c(C)cc(C2CC2c2cc(F)cc(F)c2)c(Cl)c1=O)c1cccc(S(C)=O)c1F. The van der Waals surface area contributed by atoms with Gasteiger partial charge in [-0.3, -0.25) is 18.6 Å². The zero-order chi connectivity index (χ0) is 27.7. The summed E-state index contributed by atoms with van der Waals surface area (Å²) < 4.78 is 70.9. The summed E-state index contributed by atoms with van der Waals surface area (Å²) in [6.07, 6.45) is 5.51. The van der Waals surface area contributed by atoms with E-state index in [0.29, 0.717) is 23.2 Å². The van der Waals surface area contributed by atoms with Crippen LogP contribution in [-0.4, -0.2) is 20.7 Å². The van der Waals surface area contributed by atoms with Gasteiger partial charge in [-0.1, -0.05) is 23.7 Å². The highest BCUT2D eigenvalue weighted by Gasteiger charge is 2.42. The Labute approximate surface area is 224 Å². The molecule has 4 rings (SSSR count). The number of nitrogens with zero attached hydrogens (tertiary/aromatic N) is 2. The molecule has 2 aromatic carbocycles. The van der Waals surface area contributed by atoms with Crippen LogP contribution in [0.4, 0.5) is 17.6 Å². The topological polar surface area (TPSA) is 51.4 Å². The molecular formula is C28H23ClF4N2O2S. The maximum atomic E-state index is 15.6. The van der Waals surface area contributed by atoms with E-state index >= 15 is 8.78 Å². The number of hydrogen-bond acceptors (Lipinski definition) is 3. The number of aromatic nitrogens is 1. The molecule has 1 aromatic heterocycles. The monoisotopic (exact) mass is 562 g/mol. The van der Waals surface area contributed by atoms with Gasteiger partial charge < -0.3 is 0 Å². The van der Waals surface area contributed by atoms with Crippen LogP contribution in [0.2, 0.25) is 5.02 Å². The number of rotatable bonds is 7. The molecule has 3 unspecified atom stereocenters. The Kier molecular flexibility index (Phi) is 8.18. The third kappa shape index (κ3) is 5.59. The first-order chi connectivity index (χ1) is 18.0. The molecule has 4 nitrogen and oxygen atoms in total. The molecule has 0 saturated heterocycles. The van der Waals surface area contributed by atoms with Crippen molar-refractivity contribution < 1.29 is 21.8 Å². The summed E-state index contributed by atoms with van der Waals surface area (Å²) in [6, 6.07) is 8.99. The van der Waals surface area contributed by atoms with Gasteiger partial charge in [0.25, 0.3) is 5.56 Å². The normalized spacial score (nSPS) is 18.7. The molecule has 10 heteroatoms. The standard InChI is InChI=1S/C28H23ClF4N2O2S/c1-4-8-34-27(19-6-5-7-24(26(19)33)38(3)37)23(32)14-35-15(2)9-22(25(29)28(35)36)21-13-20(21)16-10-17(30)12-18(31)11-16/h4-12,14,20-21H,13H2,1-3H3/b8-4+,23-14-,34-27+. The lowest BCUT2D eigenvalue weighted by atomic mass is 10.0. The molecule has 1 saturated carbocycles. The molecule has 1 aliphatic rings. The van der Waals surface area contributed by atoms with Crippen molar-refractivity contribution in [1.82, 2.24) is 4.57 Å². The van der Waals surface area contributed by atoms with E-state index in [2.05, 4.69) is 4.99 Å². The number of aliphatic imine (C=N–C) groups is 1. The molecule has 1 heterocycles. The molecule has 1 fully saturated rings. The second kappa shape index (κ2) is 11.2. The average Bonchev–Trinajstić information content (AvgIpc) is 3.65. The van der Waals surface area contributed by atoms with E-state index in [1.165, 1.54) is 48.9 Å². The average molecular weight is 563 g/mol. The largest absolute Gasteiger partial charge is 0.284 e. The summed E-state index contributed by atoms with van der Waals surface area (Å²) in [6.45, 7) is 3.22. The molecule has 0 N–H and O–H groups in total. The molecule has 0 radical (unpaired) electrons.